The molecule has 10 heteroatoms. The summed E-state index contributed by atoms with van der Waals surface area (Å²) in [5, 5.41) is 0. The topological polar surface area (TPSA) is 116 Å². The zero-order chi connectivity index (χ0) is 26.5. The van der Waals surface area contributed by atoms with Crippen LogP contribution in [0.1, 0.15) is 22.7 Å². The van der Waals surface area contributed by atoms with E-state index in [1.807, 2.05) is 19.1 Å². The molecule has 3 aromatic carbocycles. The van der Waals surface area contributed by atoms with Gasteiger partial charge in [0.1, 0.15) is 12.0 Å². The molecular formula is C28H31N7O2S. The summed E-state index contributed by atoms with van der Waals surface area (Å²) in [6.45, 7) is 4.94. The Labute approximate surface area is 223 Å². The average molecular weight is 530 g/mol. The SMILES string of the molecule is Cc1ccc(S(=O)(=O)NNc2ncnc(N3CCN(C(c4ccccc4)c4ccccc4)CC3)c2N)cc1. The lowest BCUT2D eigenvalue weighted by molar-refractivity contribution is 0.212. The van der Waals surface area contributed by atoms with E-state index in [0.29, 0.717) is 18.9 Å². The van der Waals surface area contributed by atoms with E-state index in [9.17, 15) is 8.42 Å². The Balaban J connectivity index is 1.29. The quantitative estimate of drug-likeness (QED) is 0.297. The van der Waals surface area contributed by atoms with Crippen LogP contribution in [-0.2, 0) is 10.0 Å². The summed E-state index contributed by atoms with van der Waals surface area (Å²) in [4.78, 5) is 15.7. The highest BCUT2D eigenvalue weighted by Gasteiger charge is 2.28. The third-order valence-corrected chi connectivity index (χ3v) is 7.97. The molecule has 0 aliphatic carbocycles. The first-order chi connectivity index (χ1) is 18.4. The van der Waals surface area contributed by atoms with Gasteiger partial charge < -0.3 is 10.6 Å². The third-order valence-electron chi connectivity index (χ3n) is 6.71. The zero-order valence-electron chi connectivity index (χ0n) is 21.2. The molecule has 1 aliphatic heterocycles. The fourth-order valence-electron chi connectivity index (χ4n) is 4.71. The number of sulfonamides is 1. The van der Waals surface area contributed by atoms with E-state index >= 15 is 0 Å². The largest absolute Gasteiger partial charge is 0.393 e. The van der Waals surface area contributed by atoms with Crippen molar-refractivity contribution in [1.82, 2.24) is 19.7 Å². The van der Waals surface area contributed by atoms with Crippen LogP contribution < -0.4 is 20.9 Å². The summed E-state index contributed by atoms with van der Waals surface area (Å²) in [5.74, 6) is 0.784. The summed E-state index contributed by atoms with van der Waals surface area (Å²) in [7, 11) is -3.80. The smallest absolute Gasteiger partial charge is 0.257 e. The molecule has 5 rings (SSSR count). The third kappa shape index (κ3) is 5.62. The fourth-order valence-corrected chi connectivity index (χ4v) is 5.55. The first-order valence-corrected chi connectivity index (χ1v) is 13.9. The van der Waals surface area contributed by atoms with Crippen LogP contribution in [-0.4, -0.2) is 49.5 Å². The minimum Gasteiger partial charge on any atom is -0.393 e. The first-order valence-electron chi connectivity index (χ1n) is 12.5. The van der Waals surface area contributed by atoms with Crippen molar-refractivity contribution >= 4 is 27.3 Å². The van der Waals surface area contributed by atoms with Gasteiger partial charge in [0.15, 0.2) is 11.6 Å². The van der Waals surface area contributed by atoms with Gasteiger partial charge >= 0.3 is 0 Å². The van der Waals surface area contributed by atoms with Gasteiger partial charge in [-0.3, -0.25) is 10.3 Å². The predicted octanol–water partition coefficient (Wildman–Crippen LogP) is 3.58. The molecule has 0 unspecified atom stereocenters. The van der Waals surface area contributed by atoms with E-state index < -0.39 is 10.0 Å². The number of nitrogens with zero attached hydrogens (tertiary/aromatic N) is 4. The van der Waals surface area contributed by atoms with E-state index in [-0.39, 0.29) is 22.4 Å². The second-order valence-corrected chi connectivity index (χ2v) is 10.9. The summed E-state index contributed by atoms with van der Waals surface area (Å²) in [6, 6.07) is 27.8. The molecule has 4 N–H and O–H groups in total. The number of nitrogens with two attached hydrogens (primary N) is 1. The van der Waals surface area contributed by atoms with Gasteiger partial charge in [-0.05, 0) is 30.2 Å². The molecule has 0 amide bonds. The van der Waals surface area contributed by atoms with Gasteiger partial charge in [-0.2, -0.15) is 0 Å². The van der Waals surface area contributed by atoms with Gasteiger partial charge in [-0.25, -0.2) is 18.4 Å². The molecule has 1 saturated heterocycles. The molecule has 9 nitrogen and oxygen atoms in total. The number of hydrazine groups is 1. The van der Waals surface area contributed by atoms with E-state index in [4.69, 9.17) is 5.73 Å². The van der Waals surface area contributed by atoms with Gasteiger partial charge in [0, 0.05) is 26.2 Å². The Morgan fingerprint density at radius 2 is 1.39 bits per heavy atom. The van der Waals surface area contributed by atoms with Gasteiger partial charge in [0.25, 0.3) is 10.0 Å². The maximum absolute atomic E-state index is 12.7. The Kier molecular flexibility index (Phi) is 7.54. The lowest BCUT2D eigenvalue weighted by atomic mass is 9.96. The minimum atomic E-state index is -3.80. The van der Waals surface area contributed by atoms with Crippen molar-refractivity contribution < 1.29 is 8.42 Å². The van der Waals surface area contributed by atoms with Crippen LogP contribution in [0.3, 0.4) is 0 Å². The normalized spacial score (nSPS) is 14.5. The zero-order valence-corrected chi connectivity index (χ0v) is 22.0. The molecule has 0 saturated carbocycles. The number of hydrogen-bond acceptors (Lipinski definition) is 8. The number of benzene rings is 3. The molecule has 38 heavy (non-hydrogen) atoms. The highest BCUT2D eigenvalue weighted by Crippen LogP contribution is 2.32. The van der Waals surface area contributed by atoms with Gasteiger partial charge in [-0.15, -0.1) is 4.83 Å². The van der Waals surface area contributed by atoms with Crippen molar-refractivity contribution in [2.75, 3.05) is 42.2 Å². The van der Waals surface area contributed by atoms with Crippen molar-refractivity contribution in [2.45, 2.75) is 17.9 Å². The molecular weight excluding hydrogens is 498 g/mol. The molecule has 196 valence electrons. The van der Waals surface area contributed by atoms with Gasteiger partial charge in [0.05, 0.1) is 10.9 Å². The Morgan fingerprint density at radius 3 is 1.97 bits per heavy atom. The highest BCUT2D eigenvalue weighted by molar-refractivity contribution is 7.89. The molecule has 4 aromatic rings. The standard InChI is InChI=1S/C28H31N7O2S/c1-21-12-14-24(15-13-21)38(36,37)33-32-27-25(29)28(31-20-30-27)35-18-16-34(17-19-35)26(22-8-4-2-5-9-22)23-10-6-3-7-11-23/h2-15,20,26,33H,16-19,29H2,1H3,(H,30,31,32). The second-order valence-electron chi connectivity index (χ2n) is 9.25. The van der Waals surface area contributed by atoms with Crippen molar-refractivity contribution in [3.63, 3.8) is 0 Å². The van der Waals surface area contributed by atoms with Crippen LogP contribution in [0.15, 0.2) is 96.2 Å². The summed E-state index contributed by atoms with van der Waals surface area (Å²) < 4.78 is 25.3. The van der Waals surface area contributed by atoms with E-state index in [0.717, 1.165) is 18.7 Å². The fraction of sp³-hybridized carbons (Fsp3) is 0.214. The van der Waals surface area contributed by atoms with Crippen molar-refractivity contribution in [2.24, 2.45) is 0 Å². The van der Waals surface area contributed by atoms with E-state index in [2.05, 4.69) is 78.6 Å². The summed E-state index contributed by atoms with van der Waals surface area (Å²) >= 11 is 0. The van der Waals surface area contributed by atoms with Gasteiger partial charge in [-0.1, -0.05) is 78.4 Å². The highest BCUT2D eigenvalue weighted by atomic mass is 32.2. The number of nitrogen functional groups attached to an aromatic ring is 1. The number of aromatic nitrogens is 2. The van der Waals surface area contributed by atoms with Crippen molar-refractivity contribution in [3.8, 4) is 0 Å². The number of nitrogens with one attached hydrogen (secondary N) is 2. The summed E-state index contributed by atoms with van der Waals surface area (Å²) in [5.41, 5.74) is 12.8. The first kappa shape index (κ1) is 25.7. The number of aryl methyl sites for hydroxylation is 1. The summed E-state index contributed by atoms with van der Waals surface area (Å²) in [6.07, 6.45) is 1.39. The number of piperazine rings is 1. The predicted molar refractivity (Wildman–Crippen MR) is 150 cm³/mol. The Morgan fingerprint density at radius 1 is 0.816 bits per heavy atom. The monoisotopic (exact) mass is 529 g/mol. The lowest BCUT2D eigenvalue weighted by Crippen LogP contribution is -2.48. The molecule has 1 fully saturated rings. The van der Waals surface area contributed by atoms with Crippen LogP contribution in [0.25, 0.3) is 0 Å². The minimum absolute atomic E-state index is 0.144. The molecule has 2 heterocycles. The molecule has 0 atom stereocenters. The van der Waals surface area contributed by atoms with Crippen LogP contribution in [0.4, 0.5) is 17.3 Å². The number of rotatable bonds is 8. The van der Waals surface area contributed by atoms with E-state index in [1.54, 1.807) is 24.3 Å². The van der Waals surface area contributed by atoms with Gasteiger partial charge in [0.2, 0.25) is 0 Å². The Hall–Kier alpha value is -3.99. The van der Waals surface area contributed by atoms with Crippen molar-refractivity contribution in [1.29, 1.82) is 0 Å². The molecule has 1 aromatic heterocycles. The second kappa shape index (κ2) is 11.2. The number of hydrogen-bond donors (Lipinski definition) is 3. The maximum Gasteiger partial charge on any atom is 0.257 e. The van der Waals surface area contributed by atoms with Crippen LogP contribution in [0.2, 0.25) is 0 Å². The van der Waals surface area contributed by atoms with Crippen LogP contribution >= 0.6 is 0 Å². The van der Waals surface area contributed by atoms with E-state index in [1.165, 1.54) is 17.5 Å². The Bertz CT molecular complexity index is 1420. The number of anilines is 3. The molecule has 0 bridgehead atoms. The molecule has 1 aliphatic rings. The molecule has 0 radical (unpaired) electrons. The van der Waals surface area contributed by atoms with Crippen molar-refractivity contribution in [3.05, 3.63) is 108 Å². The maximum atomic E-state index is 12.7. The average Bonchev–Trinajstić information content (AvgIpc) is 2.95. The molecule has 0 spiro atoms. The lowest BCUT2D eigenvalue weighted by Gasteiger charge is -2.40. The van der Waals surface area contributed by atoms with Crippen LogP contribution in [0.5, 0.6) is 0 Å². The van der Waals surface area contributed by atoms with Crippen LogP contribution in [0, 0.1) is 6.92 Å².